The smallest absolute Gasteiger partial charge is 0.180 e. The average Bonchev–Trinajstić information content (AvgIpc) is 2.58. The van der Waals surface area contributed by atoms with Crippen molar-refractivity contribution in [1.29, 1.82) is 0 Å². The second-order valence-electron chi connectivity index (χ2n) is 2.32. The number of nitrogens with two attached hydrogens (primary N) is 1. The molecule has 0 aromatic carbocycles. The van der Waals surface area contributed by atoms with E-state index in [1.807, 2.05) is 13.1 Å². The van der Waals surface area contributed by atoms with Crippen LogP contribution in [0.2, 0.25) is 0 Å². The Hall–Kier alpha value is -0.940. The third-order valence-electron chi connectivity index (χ3n) is 1.48. The van der Waals surface area contributed by atoms with Gasteiger partial charge in [0.25, 0.3) is 0 Å². The van der Waals surface area contributed by atoms with E-state index in [0.717, 1.165) is 15.4 Å². The third kappa shape index (κ3) is 1.21. The molecule has 2 aromatic heterocycles. The molecular weight excluding hydrogens is 190 g/mol. The Morgan fingerprint density at radius 3 is 2.83 bits per heavy atom. The molecule has 0 atom stereocenters. The fourth-order valence-electron chi connectivity index (χ4n) is 0.978. The largest absolute Gasteiger partial charge is 0.375 e. The zero-order valence-electron chi connectivity index (χ0n) is 6.44. The summed E-state index contributed by atoms with van der Waals surface area (Å²) in [7, 11) is 0. The molecule has 2 N–H and O–H groups in total. The molecular formula is C7H7N3S2. The molecule has 2 rings (SSSR count). The first-order chi connectivity index (χ1) is 5.77. The van der Waals surface area contributed by atoms with Crippen LogP contribution in [0.3, 0.4) is 0 Å². The van der Waals surface area contributed by atoms with Crippen LogP contribution in [0.15, 0.2) is 11.7 Å². The van der Waals surface area contributed by atoms with Gasteiger partial charge in [-0.1, -0.05) is 0 Å². The molecule has 0 bridgehead atoms. The summed E-state index contributed by atoms with van der Waals surface area (Å²) >= 11 is 3.09. The van der Waals surface area contributed by atoms with Gasteiger partial charge >= 0.3 is 0 Å². The van der Waals surface area contributed by atoms with Gasteiger partial charge in [0.05, 0.1) is 16.1 Å². The fourth-order valence-corrected chi connectivity index (χ4v) is 2.41. The lowest BCUT2D eigenvalue weighted by Gasteiger charge is -1.88. The summed E-state index contributed by atoms with van der Waals surface area (Å²) in [6.45, 7) is 2.02. The maximum absolute atomic E-state index is 5.58. The van der Waals surface area contributed by atoms with Crippen molar-refractivity contribution in [3.05, 3.63) is 16.6 Å². The van der Waals surface area contributed by atoms with Gasteiger partial charge in [0.2, 0.25) is 0 Å². The van der Waals surface area contributed by atoms with Crippen LogP contribution in [0.1, 0.15) is 4.88 Å². The average molecular weight is 197 g/mol. The monoisotopic (exact) mass is 197 g/mol. The van der Waals surface area contributed by atoms with Crippen LogP contribution in [-0.2, 0) is 0 Å². The summed E-state index contributed by atoms with van der Waals surface area (Å²) in [5, 5.41) is 0.621. The molecule has 5 heteroatoms. The van der Waals surface area contributed by atoms with Crippen LogP contribution in [0.4, 0.5) is 5.13 Å². The van der Waals surface area contributed by atoms with Crippen LogP contribution in [0.5, 0.6) is 0 Å². The van der Waals surface area contributed by atoms with E-state index in [1.54, 1.807) is 16.8 Å². The van der Waals surface area contributed by atoms with E-state index in [0.29, 0.717) is 5.13 Å². The molecule has 0 unspecified atom stereocenters. The summed E-state index contributed by atoms with van der Waals surface area (Å²) in [6, 6.07) is 0. The van der Waals surface area contributed by atoms with Crippen molar-refractivity contribution in [3.63, 3.8) is 0 Å². The van der Waals surface area contributed by atoms with Gasteiger partial charge in [0.15, 0.2) is 5.13 Å². The van der Waals surface area contributed by atoms with Crippen molar-refractivity contribution in [1.82, 2.24) is 9.97 Å². The number of nitrogen functional groups attached to an aromatic ring is 1. The highest BCUT2D eigenvalue weighted by Crippen LogP contribution is 2.30. The number of thiazole rings is 2. The van der Waals surface area contributed by atoms with Gasteiger partial charge in [0.1, 0.15) is 0 Å². The van der Waals surface area contributed by atoms with E-state index in [2.05, 4.69) is 9.97 Å². The fraction of sp³-hybridized carbons (Fsp3) is 0.143. The Morgan fingerprint density at radius 2 is 2.33 bits per heavy atom. The normalized spacial score (nSPS) is 10.4. The summed E-state index contributed by atoms with van der Waals surface area (Å²) < 4.78 is 0. The Morgan fingerprint density at radius 1 is 1.50 bits per heavy atom. The molecule has 62 valence electrons. The van der Waals surface area contributed by atoms with Gasteiger partial charge in [-0.05, 0) is 6.92 Å². The van der Waals surface area contributed by atoms with Crippen LogP contribution < -0.4 is 5.73 Å². The molecule has 0 aliphatic heterocycles. The molecule has 3 nitrogen and oxygen atoms in total. The van der Waals surface area contributed by atoms with Gasteiger partial charge in [-0.2, -0.15) is 0 Å². The minimum Gasteiger partial charge on any atom is -0.375 e. The summed E-state index contributed by atoms with van der Waals surface area (Å²) in [5.74, 6) is 0. The number of aryl methyl sites for hydroxylation is 1. The van der Waals surface area contributed by atoms with Gasteiger partial charge in [-0.3, -0.25) is 4.98 Å². The van der Waals surface area contributed by atoms with Crippen molar-refractivity contribution in [2.24, 2.45) is 0 Å². The number of hydrogen-bond acceptors (Lipinski definition) is 5. The number of nitrogens with zero attached hydrogens (tertiary/aromatic N) is 2. The Kier molecular flexibility index (Phi) is 1.82. The summed E-state index contributed by atoms with van der Waals surface area (Å²) in [4.78, 5) is 10.4. The summed E-state index contributed by atoms with van der Waals surface area (Å²) in [6.07, 6.45) is 1.81. The highest BCUT2D eigenvalue weighted by molar-refractivity contribution is 7.17. The van der Waals surface area contributed by atoms with Gasteiger partial charge in [-0.25, -0.2) is 4.98 Å². The first-order valence-electron chi connectivity index (χ1n) is 3.39. The number of rotatable bonds is 1. The van der Waals surface area contributed by atoms with Crippen molar-refractivity contribution in [2.75, 3.05) is 5.73 Å². The minimum absolute atomic E-state index is 0.621. The van der Waals surface area contributed by atoms with Crippen LogP contribution in [0, 0.1) is 6.92 Å². The van der Waals surface area contributed by atoms with Crippen molar-refractivity contribution >= 4 is 27.8 Å². The van der Waals surface area contributed by atoms with Crippen LogP contribution >= 0.6 is 22.7 Å². The topological polar surface area (TPSA) is 51.8 Å². The Labute approximate surface area is 77.9 Å². The zero-order chi connectivity index (χ0) is 8.55. The number of hydrogen-bond donors (Lipinski definition) is 1. The van der Waals surface area contributed by atoms with E-state index in [4.69, 9.17) is 5.73 Å². The Balaban J connectivity index is 2.54. The van der Waals surface area contributed by atoms with Crippen LogP contribution in [0.25, 0.3) is 10.6 Å². The molecule has 0 amide bonds. The molecule has 0 saturated heterocycles. The molecule has 0 radical (unpaired) electrons. The lowest BCUT2D eigenvalue weighted by atomic mass is 10.3. The zero-order valence-corrected chi connectivity index (χ0v) is 8.08. The molecule has 2 heterocycles. The summed E-state index contributed by atoms with van der Waals surface area (Å²) in [5.41, 5.74) is 8.35. The molecule has 0 aliphatic carbocycles. The van der Waals surface area contributed by atoms with E-state index >= 15 is 0 Å². The predicted octanol–water partition coefficient (Wildman–Crippen LogP) is 2.16. The molecule has 0 aliphatic rings. The Bertz CT molecular complexity index is 377. The third-order valence-corrected chi connectivity index (χ3v) is 3.06. The van der Waals surface area contributed by atoms with E-state index < -0.39 is 0 Å². The van der Waals surface area contributed by atoms with Crippen molar-refractivity contribution in [2.45, 2.75) is 6.92 Å². The van der Waals surface area contributed by atoms with E-state index in [9.17, 15) is 0 Å². The predicted molar refractivity (Wildman–Crippen MR) is 52.4 cm³/mol. The highest BCUT2D eigenvalue weighted by atomic mass is 32.1. The molecule has 0 saturated carbocycles. The van der Waals surface area contributed by atoms with Gasteiger partial charge in [0, 0.05) is 11.1 Å². The van der Waals surface area contributed by atoms with Crippen LogP contribution in [-0.4, -0.2) is 9.97 Å². The van der Waals surface area contributed by atoms with Gasteiger partial charge < -0.3 is 5.73 Å². The highest BCUT2D eigenvalue weighted by Gasteiger charge is 2.08. The standard InChI is InChI=1S/C7H7N3S2/c1-4-6(10-7(8)12-4)5-2-9-3-11-5/h2-3H,1H3,(H2,8,10). The maximum Gasteiger partial charge on any atom is 0.180 e. The van der Waals surface area contributed by atoms with E-state index in [-0.39, 0.29) is 0 Å². The SMILES string of the molecule is Cc1sc(N)nc1-c1cncs1. The second-order valence-corrected chi connectivity index (χ2v) is 4.44. The number of anilines is 1. The minimum atomic E-state index is 0.621. The van der Waals surface area contributed by atoms with Crippen molar-refractivity contribution < 1.29 is 0 Å². The maximum atomic E-state index is 5.58. The van der Waals surface area contributed by atoms with Gasteiger partial charge in [-0.15, -0.1) is 22.7 Å². The van der Waals surface area contributed by atoms with Crippen molar-refractivity contribution in [3.8, 4) is 10.6 Å². The lowest BCUT2D eigenvalue weighted by Crippen LogP contribution is -1.81. The molecule has 0 spiro atoms. The first kappa shape index (κ1) is 7.70. The molecule has 2 aromatic rings. The molecule has 12 heavy (non-hydrogen) atoms. The second kappa shape index (κ2) is 2.84. The quantitative estimate of drug-likeness (QED) is 0.762. The number of aromatic nitrogens is 2. The van der Waals surface area contributed by atoms with E-state index in [1.165, 1.54) is 11.3 Å². The molecule has 0 fully saturated rings. The lowest BCUT2D eigenvalue weighted by molar-refractivity contribution is 1.37. The first-order valence-corrected chi connectivity index (χ1v) is 5.09.